The minimum atomic E-state index is -0.347. The van der Waals surface area contributed by atoms with Crippen LogP contribution in [0.4, 0.5) is 0 Å². The molecule has 0 aliphatic carbocycles. The number of hydrogen-bond donors (Lipinski definition) is 0. The highest BCUT2D eigenvalue weighted by molar-refractivity contribution is 5.70. The van der Waals surface area contributed by atoms with Gasteiger partial charge in [-0.3, -0.25) is 9.78 Å². The minimum absolute atomic E-state index is 0.283. The van der Waals surface area contributed by atoms with E-state index in [-0.39, 0.29) is 12.3 Å². The van der Waals surface area contributed by atoms with Gasteiger partial charge in [-0.25, -0.2) is 0 Å². The van der Waals surface area contributed by atoms with Crippen molar-refractivity contribution in [2.75, 3.05) is 0 Å². The zero-order valence-electron chi connectivity index (χ0n) is 10.1. The number of aryl methyl sites for hydroxylation is 1. The van der Waals surface area contributed by atoms with Crippen LogP contribution in [0.5, 0.6) is 5.75 Å². The Kier molecular flexibility index (Phi) is 3.40. The van der Waals surface area contributed by atoms with E-state index in [1.807, 2.05) is 13.8 Å². The van der Waals surface area contributed by atoms with Crippen molar-refractivity contribution in [2.24, 2.45) is 0 Å². The Morgan fingerprint density at radius 2 is 2.18 bits per heavy atom. The summed E-state index contributed by atoms with van der Waals surface area (Å²) in [4.78, 5) is 15.4. The van der Waals surface area contributed by atoms with Crippen molar-refractivity contribution in [3.05, 3.63) is 23.0 Å². The summed E-state index contributed by atoms with van der Waals surface area (Å²) in [7, 11) is 0. The molecule has 5 nitrogen and oxygen atoms in total. The number of ether oxygens (including phenoxy) is 3. The summed E-state index contributed by atoms with van der Waals surface area (Å²) >= 11 is 0. The van der Waals surface area contributed by atoms with Crippen LogP contribution in [0, 0.1) is 6.92 Å². The number of hydrogen-bond acceptors (Lipinski definition) is 5. The highest BCUT2D eigenvalue weighted by atomic mass is 16.7. The molecule has 17 heavy (non-hydrogen) atoms. The van der Waals surface area contributed by atoms with E-state index in [0.717, 1.165) is 16.8 Å². The van der Waals surface area contributed by atoms with E-state index in [2.05, 4.69) is 4.98 Å². The number of pyridine rings is 1. The van der Waals surface area contributed by atoms with Gasteiger partial charge in [0.1, 0.15) is 5.75 Å². The molecule has 0 saturated carbocycles. The van der Waals surface area contributed by atoms with E-state index in [9.17, 15) is 4.79 Å². The lowest BCUT2D eigenvalue weighted by atomic mass is 10.1. The largest absolute Gasteiger partial charge is 0.426 e. The van der Waals surface area contributed by atoms with Gasteiger partial charge >= 0.3 is 5.97 Å². The zero-order valence-corrected chi connectivity index (χ0v) is 10.1. The van der Waals surface area contributed by atoms with E-state index in [1.54, 1.807) is 6.20 Å². The smallest absolute Gasteiger partial charge is 0.308 e. The van der Waals surface area contributed by atoms with Crippen molar-refractivity contribution >= 4 is 5.97 Å². The maximum absolute atomic E-state index is 11.1. The van der Waals surface area contributed by atoms with Crippen LogP contribution in [0.25, 0.3) is 0 Å². The third-order valence-electron chi connectivity index (χ3n) is 2.56. The van der Waals surface area contributed by atoms with Crippen LogP contribution in [-0.4, -0.2) is 17.2 Å². The fourth-order valence-corrected chi connectivity index (χ4v) is 1.68. The van der Waals surface area contributed by atoms with Crippen molar-refractivity contribution < 1.29 is 19.0 Å². The van der Waals surface area contributed by atoms with E-state index in [1.165, 1.54) is 6.92 Å². The average Bonchev–Trinajstić information content (AvgIpc) is 2.45. The lowest BCUT2D eigenvalue weighted by Crippen LogP contribution is -2.09. The molecule has 0 amide bonds. The summed E-state index contributed by atoms with van der Waals surface area (Å²) in [5.74, 6) is 0.194. The maximum atomic E-state index is 11.1. The predicted molar refractivity (Wildman–Crippen MR) is 59.3 cm³/mol. The number of aromatic nitrogens is 1. The Morgan fingerprint density at radius 1 is 1.47 bits per heavy atom. The van der Waals surface area contributed by atoms with Gasteiger partial charge in [0.15, 0.2) is 6.29 Å². The van der Waals surface area contributed by atoms with Gasteiger partial charge in [-0.15, -0.1) is 0 Å². The summed E-state index contributed by atoms with van der Waals surface area (Å²) in [5, 5.41) is 0. The van der Waals surface area contributed by atoms with Gasteiger partial charge in [0, 0.05) is 24.2 Å². The molecular weight excluding hydrogens is 222 g/mol. The predicted octanol–water partition coefficient (Wildman–Crippen LogP) is 1.71. The molecule has 1 unspecified atom stereocenters. The Morgan fingerprint density at radius 3 is 2.88 bits per heavy atom. The molecule has 1 aromatic heterocycles. The molecule has 0 N–H and O–H groups in total. The third-order valence-corrected chi connectivity index (χ3v) is 2.56. The molecule has 1 aromatic rings. The molecular formula is C12H15NO4. The topological polar surface area (TPSA) is 57.7 Å². The van der Waals surface area contributed by atoms with E-state index < -0.39 is 0 Å². The number of carbonyl (C=O) groups is 1. The van der Waals surface area contributed by atoms with Crippen LogP contribution in [0.3, 0.4) is 0 Å². The Balaban J connectivity index is 2.41. The average molecular weight is 237 g/mol. The molecule has 0 fully saturated rings. The van der Waals surface area contributed by atoms with Crippen LogP contribution >= 0.6 is 0 Å². The van der Waals surface area contributed by atoms with Crippen molar-refractivity contribution in [3.8, 4) is 5.75 Å². The molecule has 0 bridgehead atoms. The van der Waals surface area contributed by atoms with E-state index in [4.69, 9.17) is 14.2 Å². The number of esters is 1. The summed E-state index contributed by atoms with van der Waals surface area (Å²) in [6.45, 7) is 5.76. The Bertz CT molecular complexity index is 444. The summed E-state index contributed by atoms with van der Waals surface area (Å²) in [6, 6.07) is 0. The highest BCUT2D eigenvalue weighted by Crippen LogP contribution is 2.29. The SMILES string of the molecule is CC(=O)Oc1c(C)cnc2c1COC(C)OC2. The molecule has 0 radical (unpaired) electrons. The second kappa shape index (κ2) is 4.81. The fraction of sp³-hybridized carbons (Fsp3) is 0.500. The van der Waals surface area contributed by atoms with Crippen molar-refractivity contribution in [2.45, 2.75) is 40.3 Å². The zero-order chi connectivity index (χ0) is 12.4. The first kappa shape index (κ1) is 12.0. The standard InChI is InChI=1S/C12H15NO4/c1-7-4-13-11-6-16-9(3)15-5-10(11)12(7)17-8(2)14/h4,9H,5-6H2,1-3H3. The molecule has 2 heterocycles. The van der Waals surface area contributed by atoms with Crippen LogP contribution in [0.15, 0.2) is 6.20 Å². The summed E-state index contributed by atoms with van der Waals surface area (Å²) < 4.78 is 16.1. The van der Waals surface area contributed by atoms with Crippen molar-refractivity contribution in [1.82, 2.24) is 4.98 Å². The lowest BCUT2D eigenvalue weighted by Gasteiger charge is -2.12. The van der Waals surface area contributed by atoms with Crippen LogP contribution < -0.4 is 4.74 Å². The highest BCUT2D eigenvalue weighted by Gasteiger charge is 2.20. The van der Waals surface area contributed by atoms with Gasteiger partial charge in [0.05, 0.1) is 18.9 Å². The molecule has 0 spiro atoms. The molecule has 1 aliphatic rings. The third kappa shape index (κ3) is 2.62. The number of fused-ring (bicyclic) bond motifs is 1. The quantitative estimate of drug-likeness (QED) is 0.696. The number of nitrogens with zero attached hydrogens (tertiary/aromatic N) is 1. The molecule has 0 saturated heterocycles. The van der Waals surface area contributed by atoms with Crippen molar-refractivity contribution in [1.29, 1.82) is 0 Å². The number of carbonyl (C=O) groups excluding carboxylic acids is 1. The fourth-order valence-electron chi connectivity index (χ4n) is 1.68. The van der Waals surface area contributed by atoms with Crippen LogP contribution in [0.2, 0.25) is 0 Å². The summed E-state index contributed by atoms with van der Waals surface area (Å²) in [6.07, 6.45) is 1.39. The Labute approximate surface area is 99.7 Å². The van der Waals surface area contributed by atoms with Gasteiger partial charge in [-0.05, 0) is 13.8 Å². The van der Waals surface area contributed by atoms with Gasteiger partial charge in [0.2, 0.25) is 0 Å². The molecule has 92 valence electrons. The molecule has 2 rings (SSSR count). The second-order valence-corrected chi connectivity index (χ2v) is 3.98. The summed E-state index contributed by atoms with van der Waals surface area (Å²) in [5.41, 5.74) is 2.37. The molecule has 1 atom stereocenters. The van der Waals surface area contributed by atoms with Gasteiger partial charge < -0.3 is 14.2 Å². The van der Waals surface area contributed by atoms with E-state index >= 15 is 0 Å². The monoisotopic (exact) mass is 237 g/mol. The lowest BCUT2D eigenvalue weighted by molar-refractivity contribution is -0.137. The first-order valence-electron chi connectivity index (χ1n) is 5.47. The van der Waals surface area contributed by atoms with Gasteiger partial charge in [0.25, 0.3) is 0 Å². The minimum Gasteiger partial charge on any atom is -0.426 e. The van der Waals surface area contributed by atoms with Crippen molar-refractivity contribution in [3.63, 3.8) is 0 Å². The normalized spacial score (nSPS) is 19.4. The number of rotatable bonds is 1. The van der Waals surface area contributed by atoms with E-state index in [0.29, 0.717) is 19.0 Å². The van der Waals surface area contributed by atoms with Crippen LogP contribution in [0.1, 0.15) is 30.7 Å². The second-order valence-electron chi connectivity index (χ2n) is 3.98. The first-order valence-corrected chi connectivity index (χ1v) is 5.47. The first-order chi connectivity index (χ1) is 8.08. The molecule has 5 heteroatoms. The molecule has 0 aromatic carbocycles. The molecule has 1 aliphatic heterocycles. The van der Waals surface area contributed by atoms with Gasteiger partial charge in [-0.2, -0.15) is 0 Å². The Hall–Kier alpha value is -1.46. The van der Waals surface area contributed by atoms with Crippen LogP contribution in [-0.2, 0) is 27.5 Å². The van der Waals surface area contributed by atoms with Gasteiger partial charge in [-0.1, -0.05) is 0 Å². The maximum Gasteiger partial charge on any atom is 0.308 e.